The van der Waals surface area contributed by atoms with Gasteiger partial charge >= 0.3 is 0 Å². The van der Waals surface area contributed by atoms with E-state index in [4.69, 9.17) is 26.1 Å². The Morgan fingerprint density at radius 2 is 1.62 bits per heavy atom. The molecular formula is C33H23ClN4O2. The zero-order valence-corrected chi connectivity index (χ0v) is 22.3. The van der Waals surface area contributed by atoms with Crippen LogP contribution < -0.4 is 5.56 Å². The molecule has 0 spiro atoms. The maximum Gasteiger partial charge on any atom is 0.282 e. The summed E-state index contributed by atoms with van der Waals surface area (Å²) in [4.78, 5) is 18.5. The van der Waals surface area contributed by atoms with Gasteiger partial charge in [0.05, 0.1) is 17.1 Å². The number of rotatable bonds is 5. The summed E-state index contributed by atoms with van der Waals surface area (Å²) in [5.74, 6) is 0.813. The van der Waals surface area contributed by atoms with E-state index in [1.54, 1.807) is 12.3 Å². The van der Waals surface area contributed by atoms with Gasteiger partial charge in [0, 0.05) is 39.1 Å². The molecule has 40 heavy (non-hydrogen) atoms. The van der Waals surface area contributed by atoms with Crippen LogP contribution in [-0.4, -0.2) is 20.4 Å². The van der Waals surface area contributed by atoms with E-state index in [-0.39, 0.29) is 5.56 Å². The van der Waals surface area contributed by atoms with E-state index in [0.29, 0.717) is 34.6 Å². The Hall–Kier alpha value is -4.94. The summed E-state index contributed by atoms with van der Waals surface area (Å²) in [6.07, 6.45) is 1.74. The molecule has 194 valence electrons. The minimum atomic E-state index is -0.269. The molecule has 3 aromatic heterocycles. The van der Waals surface area contributed by atoms with Gasteiger partial charge in [-0.05, 0) is 48.9 Å². The van der Waals surface area contributed by atoms with E-state index in [9.17, 15) is 4.79 Å². The summed E-state index contributed by atoms with van der Waals surface area (Å²) in [5, 5.41) is 7.90. The number of para-hydroxylation sites is 3. The van der Waals surface area contributed by atoms with Gasteiger partial charge in [-0.1, -0.05) is 78.3 Å². The maximum atomic E-state index is 13.7. The van der Waals surface area contributed by atoms with E-state index in [2.05, 4.69) is 23.6 Å². The summed E-state index contributed by atoms with van der Waals surface area (Å²) in [6.45, 7) is 2.67. The van der Waals surface area contributed by atoms with E-state index in [1.165, 1.54) is 4.68 Å². The second kappa shape index (κ2) is 9.67. The standard InChI is InChI=1S/C33H23ClN4O2/c1-21-26(24-12-5-8-16-29(24)37(21)20-23-11-2-6-14-27(23)34)19-35-38-32(31-18-22-10-3-9-17-30(22)40-31)36-28-15-7-4-13-25(28)33(38)39/h2-19H,20H2,1H3. The largest absolute Gasteiger partial charge is 0.453 e. The van der Waals surface area contributed by atoms with Crippen molar-refractivity contribution < 1.29 is 4.42 Å². The second-order valence-corrected chi connectivity index (χ2v) is 10.1. The molecule has 0 aliphatic carbocycles. The molecular weight excluding hydrogens is 520 g/mol. The summed E-state index contributed by atoms with van der Waals surface area (Å²) in [6, 6.07) is 32.9. The number of benzene rings is 4. The molecule has 0 N–H and O–H groups in total. The molecule has 0 saturated carbocycles. The van der Waals surface area contributed by atoms with Gasteiger partial charge in [0.2, 0.25) is 5.82 Å². The fourth-order valence-electron chi connectivity index (χ4n) is 5.22. The van der Waals surface area contributed by atoms with Crippen LogP contribution in [0.5, 0.6) is 0 Å². The number of halogens is 1. The first-order valence-corrected chi connectivity index (χ1v) is 13.3. The molecule has 0 atom stereocenters. The van der Waals surface area contributed by atoms with Crippen LogP contribution in [0.2, 0.25) is 5.02 Å². The van der Waals surface area contributed by atoms with Gasteiger partial charge in [-0.2, -0.15) is 9.78 Å². The summed E-state index contributed by atoms with van der Waals surface area (Å²) in [5.41, 5.74) is 5.04. The zero-order valence-electron chi connectivity index (χ0n) is 21.6. The topological polar surface area (TPSA) is 65.3 Å². The minimum absolute atomic E-state index is 0.269. The van der Waals surface area contributed by atoms with Crippen LogP contribution in [0.15, 0.2) is 117 Å². The fraction of sp³-hybridized carbons (Fsp3) is 0.0606. The van der Waals surface area contributed by atoms with Crippen molar-refractivity contribution in [2.75, 3.05) is 0 Å². The predicted octanol–water partition coefficient (Wildman–Crippen LogP) is 7.66. The van der Waals surface area contributed by atoms with Crippen LogP contribution in [0, 0.1) is 6.92 Å². The lowest BCUT2D eigenvalue weighted by atomic mass is 10.1. The van der Waals surface area contributed by atoms with Gasteiger partial charge in [-0.3, -0.25) is 4.79 Å². The fourth-order valence-corrected chi connectivity index (χ4v) is 5.41. The Labute approximate surface area is 234 Å². The molecule has 0 amide bonds. The average Bonchev–Trinajstić information content (AvgIpc) is 3.53. The molecule has 6 nitrogen and oxygen atoms in total. The first kappa shape index (κ1) is 24.1. The van der Waals surface area contributed by atoms with Crippen molar-refractivity contribution in [3.05, 3.63) is 135 Å². The third-order valence-corrected chi connectivity index (χ3v) is 7.64. The highest BCUT2D eigenvalue weighted by atomic mass is 35.5. The van der Waals surface area contributed by atoms with Crippen molar-refractivity contribution in [3.63, 3.8) is 0 Å². The molecule has 0 fully saturated rings. The first-order valence-electron chi connectivity index (χ1n) is 12.9. The highest BCUT2D eigenvalue weighted by molar-refractivity contribution is 6.31. The smallest absolute Gasteiger partial charge is 0.282 e. The third kappa shape index (κ3) is 4.01. The first-order chi connectivity index (χ1) is 19.6. The number of furan rings is 1. The van der Waals surface area contributed by atoms with Crippen LogP contribution in [0.1, 0.15) is 16.8 Å². The normalized spacial score (nSPS) is 11.8. The molecule has 7 heteroatoms. The molecule has 0 saturated heterocycles. The zero-order chi connectivity index (χ0) is 27.2. The van der Waals surface area contributed by atoms with Crippen molar-refractivity contribution in [2.24, 2.45) is 5.10 Å². The van der Waals surface area contributed by atoms with Crippen molar-refractivity contribution >= 4 is 50.6 Å². The van der Waals surface area contributed by atoms with Crippen LogP contribution in [0.3, 0.4) is 0 Å². The molecule has 7 rings (SSSR count). The second-order valence-electron chi connectivity index (χ2n) is 9.66. The highest BCUT2D eigenvalue weighted by Gasteiger charge is 2.18. The predicted molar refractivity (Wildman–Crippen MR) is 161 cm³/mol. The van der Waals surface area contributed by atoms with Crippen LogP contribution in [-0.2, 0) is 6.54 Å². The van der Waals surface area contributed by atoms with Crippen molar-refractivity contribution in [3.8, 4) is 11.6 Å². The van der Waals surface area contributed by atoms with Crippen LogP contribution in [0.4, 0.5) is 0 Å². The number of nitrogens with zero attached hydrogens (tertiary/aromatic N) is 4. The third-order valence-electron chi connectivity index (χ3n) is 7.27. The Bertz CT molecular complexity index is 2120. The maximum absolute atomic E-state index is 13.7. The molecule has 0 aliphatic heterocycles. The van der Waals surface area contributed by atoms with E-state index in [0.717, 1.165) is 38.1 Å². The van der Waals surface area contributed by atoms with Crippen molar-refractivity contribution in [2.45, 2.75) is 13.5 Å². The monoisotopic (exact) mass is 542 g/mol. The number of aromatic nitrogens is 3. The van der Waals surface area contributed by atoms with Crippen molar-refractivity contribution in [1.82, 2.24) is 14.2 Å². The van der Waals surface area contributed by atoms with Gasteiger partial charge in [-0.15, -0.1) is 0 Å². The van der Waals surface area contributed by atoms with Gasteiger partial charge in [-0.25, -0.2) is 4.98 Å². The molecule has 0 radical (unpaired) electrons. The lowest BCUT2D eigenvalue weighted by Crippen LogP contribution is -2.20. The highest BCUT2D eigenvalue weighted by Crippen LogP contribution is 2.29. The van der Waals surface area contributed by atoms with E-state index < -0.39 is 0 Å². The van der Waals surface area contributed by atoms with Crippen LogP contribution >= 0.6 is 11.6 Å². The summed E-state index contributed by atoms with van der Waals surface area (Å²) < 4.78 is 9.67. The Morgan fingerprint density at radius 1 is 0.900 bits per heavy atom. The molecule has 0 unspecified atom stereocenters. The molecule has 3 heterocycles. The number of fused-ring (bicyclic) bond motifs is 3. The summed E-state index contributed by atoms with van der Waals surface area (Å²) in [7, 11) is 0. The van der Waals surface area contributed by atoms with Crippen molar-refractivity contribution in [1.29, 1.82) is 0 Å². The van der Waals surface area contributed by atoms with Crippen LogP contribution in [0.25, 0.3) is 44.4 Å². The Balaban J connectivity index is 1.41. The quantitative estimate of drug-likeness (QED) is 0.210. The molecule has 7 aromatic rings. The van der Waals surface area contributed by atoms with E-state index in [1.807, 2.05) is 84.9 Å². The van der Waals surface area contributed by atoms with Gasteiger partial charge in [0.15, 0.2) is 5.76 Å². The lowest BCUT2D eigenvalue weighted by Gasteiger charge is -2.10. The number of hydrogen-bond donors (Lipinski definition) is 0. The molecule has 0 bridgehead atoms. The minimum Gasteiger partial charge on any atom is -0.453 e. The van der Waals surface area contributed by atoms with Gasteiger partial charge in [0.1, 0.15) is 5.58 Å². The molecule has 0 aliphatic rings. The van der Waals surface area contributed by atoms with E-state index >= 15 is 0 Å². The lowest BCUT2D eigenvalue weighted by molar-refractivity contribution is 0.616. The number of hydrogen-bond acceptors (Lipinski definition) is 4. The SMILES string of the molecule is Cc1c(C=Nn2c(-c3cc4ccccc4o3)nc3ccccc3c2=O)c2ccccc2n1Cc1ccccc1Cl. The van der Waals surface area contributed by atoms with Gasteiger partial charge < -0.3 is 8.98 Å². The summed E-state index contributed by atoms with van der Waals surface area (Å²) >= 11 is 6.50. The Kier molecular flexibility index (Phi) is 5.83. The average molecular weight is 543 g/mol. The molecule has 4 aromatic carbocycles. The Morgan fingerprint density at radius 3 is 2.48 bits per heavy atom. The van der Waals surface area contributed by atoms with Gasteiger partial charge in [0.25, 0.3) is 5.56 Å².